The Morgan fingerprint density at radius 1 is 1.19 bits per heavy atom. The molecule has 0 radical (unpaired) electrons. The molecule has 7 nitrogen and oxygen atoms in total. The molecule has 0 atom stereocenters. The smallest absolute Gasteiger partial charge is 0.435 e. The molecular formula is C14H23N3O4. The zero-order valence-corrected chi connectivity index (χ0v) is 13.6. The van der Waals surface area contributed by atoms with Crippen molar-refractivity contribution in [1.29, 1.82) is 0 Å². The van der Waals surface area contributed by atoms with Gasteiger partial charge in [0, 0.05) is 0 Å². The zero-order valence-electron chi connectivity index (χ0n) is 13.6. The monoisotopic (exact) mass is 297 g/mol. The number of aromatic nitrogens is 2. The lowest BCUT2D eigenvalue weighted by Gasteiger charge is -2.26. The number of rotatable bonds is 1. The SMILES string of the molecule is CC(C)(C)OC(=O)n1cc(N2OC(C)(C)C(C)(C)O2)cn1. The molecule has 1 saturated heterocycles. The van der Waals surface area contributed by atoms with Gasteiger partial charge in [-0.2, -0.15) is 9.78 Å². The van der Waals surface area contributed by atoms with Crippen LogP contribution in [-0.2, 0) is 14.4 Å². The van der Waals surface area contributed by atoms with Crippen LogP contribution in [0.2, 0.25) is 0 Å². The number of ether oxygens (including phenoxy) is 1. The molecule has 2 heterocycles. The van der Waals surface area contributed by atoms with Crippen molar-refractivity contribution < 1.29 is 19.2 Å². The minimum atomic E-state index is -0.576. The number of anilines is 1. The Hall–Kier alpha value is -1.60. The van der Waals surface area contributed by atoms with E-state index >= 15 is 0 Å². The molecular weight excluding hydrogens is 274 g/mol. The Labute approximate surface area is 124 Å². The average Bonchev–Trinajstić information content (AvgIpc) is 2.80. The fraction of sp³-hybridized carbons (Fsp3) is 0.714. The van der Waals surface area contributed by atoms with E-state index in [1.807, 2.05) is 27.7 Å². The number of hydrogen-bond donors (Lipinski definition) is 0. The van der Waals surface area contributed by atoms with Crippen LogP contribution in [0, 0.1) is 0 Å². The predicted molar refractivity (Wildman–Crippen MR) is 76.7 cm³/mol. The highest BCUT2D eigenvalue weighted by atomic mass is 17.0. The Bertz CT molecular complexity index is 527. The highest BCUT2D eigenvalue weighted by molar-refractivity contribution is 5.70. The number of hydrogen-bond acceptors (Lipinski definition) is 6. The van der Waals surface area contributed by atoms with Gasteiger partial charge in [0.05, 0.1) is 12.4 Å². The summed E-state index contributed by atoms with van der Waals surface area (Å²) in [6, 6.07) is 0. The fourth-order valence-corrected chi connectivity index (χ4v) is 1.57. The lowest BCUT2D eigenvalue weighted by atomic mass is 9.90. The summed E-state index contributed by atoms with van der Waals surface area (Å²) < 4.78 is 6.36. The van der Waals surface area contributed by atoms with Gasteiger partial charge in [-0.1, -0.05) is 0 Å². The molecule has 2 rings (SSSR count). The van der Waals surface area contributed by atoms with Gasteiger partial charge in [0.2, 0.25) is 0 Å². The maximum atomic E-state index is 11.9. The minimum absolute atomic E-state index is 0.499. The summed E-state index contributed by atoms with van der Waals surface area (Å²) in [4.78, 5) is 23.4. The summed E-state index contributed by atoms with van der Waals surface area (Å²) in [6.45, 7) is 13.1. The van der Waals surface area contributed by atoms with Gasteiger partial charge >= 0.3 is 6.09 Å². The van der Waals surface area contributed by atoms with Crippen LogP contribution in [-0.4, -0.2) is 32.7 Å². The first-order chi connectivity index (χ1) is 9.41. The Morgan fingerprint density at radius 3 is 2.19 bits per heavy atom. The van der Waals surface area contributed by atoms with E-state index in [1.165, 1.54) is 17.6 Å². The zero-order chi connectivity index (χ0) is 16.1. The summed E-state index contributed by atoms with van der Waals surface area (Å²) >= 11 is 0. The van der Waals surface area contributed by atoms with Crippen LogP contribution in [0.4, 0.5) is 10.5 Å². The second kappa shape index (κ2) is 4.71. The van der Waals surface area contributed by atoms with Gasteiger partial charge in [0.15, 0.2) is 0 Å². The average molecular weight is 297 g/mol. The maximum absolute atomic E-state index is 11.9. The topological polar surface area (TPSA) is 65.8 Å². The van der Waals surface area contributed by atoms with Crippen LogP contribution in [0.5, 0.6) is 0 Å². The van der Waals surface area contributed by atoms with Crippen LogP contribution < -0.4 is 5.23 Å². The van der Waals surface area contributed by atoms with Gasteiger partial charge < -0.3 is 4.74 Å². The Kier molecular flexibility index (Phi) is 3.54. The quantitative estimate of drug-likeness (QED) is 0.794. The minimum Gasteiger partial charge on any atom is -0.442 e. The van der Waals surface area contributed by atoms with Crippen molar-refractivity contribution in [2.45, 2.75) is 65.3 Å². The van der Waals surface area contributed by atoms with E-state index in [-0.39, 0.29) is 0 Å². The highest BCUT2D eigenvalue weighted by Gasteiger charge is 2.50. The fourth-order valence-electron chi connectivity index (χ4n) is 1.57. The molecule has 0 spiro atoms. The van der Waals surface area contributed by atoms with Gasteiger partial charge in [0.25, 0.3) is 0 Å². The van der Waals surface area contributed by atoms with Crippen molar-refractivity contribution in [3.05, 3.63) is 12.4 Å². The number of carbonyl (C=O) groups excluding carboxylic acids is 1. The molecule has 0 aromatic carbocycles. The van der Waals surface area contributed by atoms with Crippen LogP contribution in [0.15, 0.2) is 12.4 Å². The molecule has 0 unspecified atom stereocenters. The van der Waals surface area contributed by atoms with Crippen LogP contribution in [0.25, 0.3) is 0 Å². The first-order valence-corrected chi connectivity index (χ1v) is 6.88. The number of carbonyl (C=O) groups is 1. The molecule has 0 bridgehead atoms. The van der Waals surface area contributed by atoms with Gasteiger partial charge in [-0.3, -0.25) is 0 Å². The van der Waals surface area contributed by atoms with E-state index in [4.69, 9.17) is 14.4 Å². The molecule has 7 heteroatoms. The first-order valence-electron chi connectivity index (χ1n) is 6.88. The van der Waals surface area contributed by atoms with E-state index < -0.39 is 22.9 Å². The van der Waals surface area contributed by atoms with Crippen LogP contribution in [0.3, 0.4) is 0 Å². The van der Waals surface area contributed by atoms with E-state index in [0.717, 1.165) is 4.68 Å². The largest absolute Gasteiger partial charge is 0.442 e. The molecule has 1 aliphatic rings. The van der Waals surface area contributed by atoms with E-state index in [9.17, 15) is 4.79 Å². The second-order valence-corrected chi connectivity index (χ2v) is 7.08. The van der Waals surface area contributed by atoms with Crippen molar-refractivity contribution in [1.82, 2.24) is 9.78 Å². The van der Waals surface area contributed by atoms with Crippen LogP contribution >= 0.6 is 0 Å². The summed E-state index contributed by atoms with van der Waals surface area (Å²) in [7, 11) is 0. The van der Waals surface area contributed by atoms with Crippen molar-refractivity contribution in [3.63, 3.8) is 0 Å². The molecule has 1 aromatic heterocycles. The first kappa shape index (κ1) is 15.8. The van der Waals surface area contributed by atoms with Gasteiger partial charge in [-0.05, 0) is 48.5 Å². The van der Waals surface area contributed by atoms with Crippen molar-refractivity contribution in [2.24, 2.45) is 0 Å². The normalized spacial score (nSPS) is 20.6. The third kappa shape index (κ3) is 3.19. The maximum Gasteiger partial charge on any atom is 0.435 e. The standard InChI is InChI=1S/C14H23N3O4/c1-12(2,3)19-11(18)16-9-10(8-15-16)17-20-13(4,5)14(6,7)21-17/h8-9H,1-7H3. The molecule has 0 amide bonds. The van der Waals surface area contributed by atoms with Gasteiger partial charge in [-0.15, -0.1) is 5.23 Å². The summed E-state index contributed by atoms with van der Waals surface area (Å²) in [5, 5.41) is 5.27. The Morgan fingerprint density at radius 2 is 1.71 bits per heavy atom. The predicted octanol–water partition coefficient (Wildman–Crippen LogP) is 2.91. The third-order valence-corrected chi connectivity index (χ3v) is 3.43. The van der Waals surface area contributed by atoms with Crippen molar-refractivity contribution in [3.8, 4) is 0 Å². The lowest BCUT2D eigenvalue weighted by Crippen LogP contribution is -2.41. The summed E-state index contributed by atoms with van der Waals surface area (Å²) in [5.74, 6) is 0. The van der Waals surface area contributed by atoms with Crippen molar-refractivity contribution >= 4 is 11.8 Å². The summed E-state index contributed by atoms with van der Waals surface area (Å²) in [6.07, 6.45) is 2.44. The van der Waals surface area contributed by atoms with Crippen LogP contribution in [0.1, 0.15) is 48.5 Å². The van der Waals surface area contributed by atoms with E-state index in [1.54, 1.807) is 20.8 Å². The van der Waals surface area contributed by atoms with E-state index in [0.29, 0.717) is 5.69 Å². The molecule has 0 N–H and O–H groups in total. The lowest BCUT2D eigenvalue weighted by molar-refractivity contribution is -0.0273. The van der Waals surface area contributed by atoms with Crippen molar-refractivity contribution in [2.75, 3.05) is 5.23 Å². The molecule has 21 heavy (non-hydrogen) atoms. The summed E-state index contributed by atoms with van der Waals surface area (Å²) in [5.41, 5.74) is -1.05. The van der Waals surface area contributed by atoms with Gasteiger partial charge in [-0.25, -0.2) is 14.5 Å². The van der Waals surface area contributed by atoms with Gasteiger partial charge in [0.1, 0.15) is 22.5 Å². The highest BCUT2D eigenvalue weighted by Crippen LogP contribution is 2.39. The second-order valence-electron chi connectivity index (χ2n) is 7.08. The molecule has 0 aliphatic carbocycles. The third-order valence-electron chi connectivity index (χ3n) is 3.43. The molecule has 1 aliphatic heterocycles. The molecule has 1 fully saturated rings. The molecule has 1 aromatic rings. The van der Waals surface area contributed by atoms with E-state index in [2.05, 4.69) is 5.10 Å². The Balaban J connectivity index is 2.13. The molecule has 118 valence electrons. The number of nitrogens with zero attached hydrogens (tertiary/aromatic N) is 3. The molecule has 0 saturated carbocycles.